The summed E-state index contributed by atoms with van der Waals surface area (Å²) in [6.45, 7) is 9.61. The molecule has 0 aromatic rings. The van der Waals surface area contributed by atoms with Crippen molar-refractivity contribution in [3.05, 3.63) is 0 Å². The van der Waals surface area contributed by atoms with Crippen molar-refractivity contribution in [1.29, 1.82) is 0 Å². The molecule has 0 aliphatic rings. The summed E-state index contributed by atoms with van der Waals surface area (Å²) in [6.07, 6.45) is 52.6. The predicted octanol–water partition coefficient (Wildman–Crippen LogP) is 21.6. The van der Waals surface area contributed by atoms with E-state index < -0.39 is 97.5 Å². The maximum absolute atomic E-state index is 13.1. The van der Waals surface area contributed by atoms with Gasteiger partial charge >= 0.3 is 39.5 Å². The molecule has 0 rings (SSSR count). The summed E-state index contributed by atoms with van der Waals surface area (Å²) in [4.78, 5) is 72.7. The number of rotatable bonds is 73. The van der Waals surface area contributed by atoms with Crippen LogP contribution in [-0.4, -0.2) is 96.7 Å². The zero-order valence-electron chi connectivity index (χ0n) is 60.6. The van der Waals surface area contributed by atoms with Gasteiger partial charge in [-0.3, -0.25) is 37.3 Å². The molecule has 552 valence electrons. The van der Waals surface area contributed by atoms with E-state index in [-0.39, 0.29) is 25.7 Å². The molecule has 0 bridgehead atoms. The van der Waals surface area contributed by atoms with E-state index in [0.717, 1.165) is 102 Å². The minimum Gasteiger partial charge on any atom is -0.462 e. The van der Waals surface area contributed by atoms with Gasteiger partial charge in [0.15, 0.2) is 12.2 Å². The Morgan fingerprint density at radius 2 is 0.495 bits per heavy atom. The molecular weight excluding hydrogens is 1220 g/mol. The van der Waals surface area contributed by atoms with Crippen LogP contribution in [0.3, 0.4) is 0 Å². The molecule has 5 atom stereocenters. The number of carbonyl (C=O) groups excluding carboxylic acids is 4. The maximum Gasteiger partial charge on any atom is 0.472 e. The Balaban J connectivity index is 5.24. The fraction of sp³-hybridized carbons (Fsp3) is 0.946. The number of esters is 4. The summed E-state index contributed by atoms with van der Waals surface area (Å²) in [6, 6.07) is 0. The first-order chi connectivity index (χ1) is 44.9. The van der Waals surface area contributed by atoms with Crippen molar-refractivity contribution >= 4 is 39.5 Å². The number of aliphatic hydroxyl groups is 1. The first kappa shape index (κ1) is 91.1. The van der Waals surface area contributed by atoms with Crippen LogP contribution < -0.4 is 0 Å². The van der Waals surface area contributed by atoms with Gasteiger partial charge < -0.3 is 33.8 Å². The van der Waals surface area contributed by atoms with Gasteiger partial charge in [0.25, 0.3) is 0 Å². The van der Waals surface area contributed by atoms with Crippen molar-refractivity contribution in [2.45, 2.75) is 400 Å². The molecule has 2 unspecified atom stereocenters. The average molecular weight is 1370 g/mol. The fourth-order valence-electron chi connectivity index (χ4n) is 11.3. The van der Waals surface area contributed by atoms with Crippen molar-refractivity contribution in [1.82, 2.24) is 0 Å². The quantitative estimate of drug-likeness (QED) is 0.0222. The minimum absolute atomic E-state index is 0.107. The lowest BCUT2D eigenvalue weighted by Crippen LogP contribution is -2.30. The van der Waals surface area contributed by atoms with E-state index in [2.05, 4.69) is 41.5 Å². The second-order valence-electron chi connectivity index (χ2n) is 27.6. The van der Waals surface area contributed by atoms with Crippen LogP contribution in [0.25, 0.3) is 0 Å². The van der Waals surface area contributed by atoms with Crippen molar-refractivity contribution in [2.75, 3.05) is 39.6 Å². The average Bonchev–Trinajstić information content (AvgIpc) is 3.60. The molecule has 0 aromatic carbocycles. The summed E-state index contributed by atoms with van der Waals surface area (Å²) >= 11 is 0. The molecular formula is C74H144O17P2. The van der Waals surface area contributed by atoms with E-state index >= 15 is 0 Å². The van der Waals surface area contributed by atoms with E-state index in [9.17, 15) is 43.2 Å². The first-order valence-electron chi connectivity index (χ1n) is 38.5. The highest BCUT2D eigenvalue weighted by molar-refractivity contribution is 7.47. The maximum atomic E-state index is 13.1. The van der Waals surface area contributed by atoms with Crippen LogP contribution >= 0.6 is 15.6 Å². The number of hydrogen-bond donors (Lipinski definition) is 3. The van der Waals surface area contributed by atoms with Crippen LogP contribution in [0.1, 0.15) is 382 Å². The Bertz CT molecular complexity index is 1800. The molecule has 0 aliphatic carbocycles. The third-order valence-electron chi connectivity index (χ3n) is 17.2. The Hall–Kier alpha value is -1.94. The van der Waals surface area contributed by atoms with Crippen LogP contribution in [0.4, 0.5) is 0 Å². The van der Waals surface area contributed by atoms with E-state index in [0.29, 0.717) is 25.7 Å². The van der Waals surface area contributed by atoms with Gasteiger partial charge in [-0.05, 0) is 37.5 Å². The number of hydrogen-bond acceptors (Lipinski definition) is 15. The van der Waals surface area contributed by atoms with Crippen molar-refractivity contribution in [3.63, 3.8) is 0 Å². The van der Waals surface area contributed by atoms with E-state index in [1.807, 2.05) is 0 Å². The monoisotopic (exact) mass is 1370 g/mol. The van der Waals surface area contributed by atoms with E-state index in [4.69, 9.17) is 37.0 Å². The molecule has 0 radical (unpaired) electrons. The predicted molar refractivity (Wildman–Crippen MR) is 377 cm³/mol. The lowest BCUT2D eigenvalue weighted by Gasteiger charge is -2.21. The Kier molecular flexibility index (Phi) is 64.6. The minimum atomic E-state index is -4.96. The fourth-order valence-corrected chi connectivity index (χ4v) is 12.9. The van der Waals surface area contributed by atoms with Crippen LogP contribution in [0.15, 0.2) is 0 Å². The van der Waals surface area contributed by atoms with Crippen LogP contribution in [-0.2, 0) is 65.4 Å². The summed E-state index contributed by atoms with van der Waals surface area (Å²) in [5.74, 6) is -0.539. The highest BCUT2D eigenvalue weighted by Crippen LogP contribution is 2.45. The molecule has 0 aromatic heterocycles. The number of unbranched alkanes of at least 4 members (excludes halogenated alkanes) is 43. The lowest BCUT2D eigenvalue weighted by molar-refractivity contribution is -0.161. The Labute approximate surface area is 568 Å². The summed E-state index contributed by atoms with van der Waals surface area (Å²) in [5.41, 5.74) is 0. The Morgan fingerprint density at radius 3 is 0.731 bits per heavy atom. The van der Waals surface area contributed by atoms with Gasteiger partial charge in [-0.1, -0.05) is 330 Å². The molecule has 17 nitrogen and oxygen atoms in total. The molecule has 0 saturated carbocycles. The van der Waals surface area contributed by atoms with Gasteiger partial charge in [0.05, 0.1) is 26.4 Å². The molecule has 0 aliphatic heterocycles. The van der Waals surface area contributed by atoms with Gasteiger partial charge in [-0.15, -0.1) is 0 Å². The summed E-state index contributed by atoms with van der Waals surface area (Å²) < 4.78 is 68.4. The second-order valence-corrected chi connectivity index (χ2v) is 30.5. The number of phosphoric acid groups is 2. The third-order valence-corrected chi connectivity index (χ3v) is 19.1. The molecule has 3 N–H and O–H groups in total. The van der Waals surface area contributed by atoms with Gasteiger partial charge in [0, 0.05) is 25.7 Å². The zero-order chi connectivity index (χ0) is 68.6. The zero-order valence-corrected chi connectivity index (χ0v) is 62.3. The number of ether oxygens (including phenoxy) is 4. The third kappa shape index (κ3) is 68.4. The van der Waals surface area contributed by atoms with Gasteiger partial charge in [-0.2, -0.15) is 0 Å². The van der Waals surface area contributed by atoms with Gasteiger partial charge in [0.1, 0.15) is 19.3 Å². The lowest BCUT2D eigenvalue weighted by atomic mass is 10.0. The number of phosphoric ester groups is 2. The summed E-state index contributed by atoms with van der Waals surface area (Å²) in [5, 5.41) is 10.6. The molecule has 0 amide bonds. The van der Waals surface area contributed by atoms with Crippen molar-refractivity contribution in [2.24, 2.45) is 11.8 Å². The molecule has 0 fully saturated rings. The molecule has 0 saturated heterocycles. The largest absolute Gasteiger partial charge is 0.472 e. The van der Waals surface area contributed by atoms with Crippen molar-refractivity contribution in [3.8, 4) is 0 Å². The topological polar surface area (TPSA) is 237 Å². The normalized spacial score (nSPS) is 14.1. The van der Waals surface area contributed by atoms with Crippen LogP contribution in [0.2, 0.25) is 0 Å². The van der Waals surface area contributed by atoms with Gasteiger partial charge in [0.2, 0.25) is 0 Å². The second kappa shape index (κ2) is 66.0. The first-order valence-corrected chi connectivity index (χ1v) is 41.5. The summed E-state index contributed by atoms with van der Waals surface area (Å²) in [7, 11) is -9.90. The highest BCUT2D eigenvalue weighted by Gasteiger charge is 2.30. The SMILES string of the molecule is CCCCCCCCCCCCCC(=O)O[C@H](COC(=O)CCCCCCCCCCCC)COP(=O)(O)OC[C@H](O)COP(=O)(O)OC[C@@H](COC(=O)CCCCCCCCCCCCCCCC(C)C)OC(=O)CCCCCCCCCCCCCCCC(C)C. The molecule has 19 heteroatoms. The van der Waals surface area contributed by atoms with E-state index in [1.54, 1.807) is 0 Å². The molecule has 0 heterocycles. The van der Waals surface area contributed by atoms with Crippen molar-refractivity contribution < 1.29 is 80.2 Å². The van der Waals surface area contributed by atoms with Crippen LogP contribution in [0.5, 0.6) is 0 Å². The smallest absolute Gasteiger partial charge is 0.462 e. The number of carbonyl (C=O) groups is 4. The van der Waals surface area contributed by atoms with E-state index in [1.165, 1.54) is 199 Å². The standard InChI is InChI=1S/C74H144O17P2/c1-7-9-11-13-15-17-25-34-40-46-52-58-73(78)90-69(62-84-71(76)56-50-44-38-32-18-16-14-12-10-8-2)64-88-92(80,81)86-60-68(75)61-87-93(82,83)89-65-70(91-74(79)59-53-47-41-35-29-24-20-22-27-31-37-43-49-55-67(5)6)63-85-72(77)57-51-45-39-33-28-23-19-21-26-30-36-42-48-54-66(3)4/h66-70,75H,7-65H2,1-6H3,(H,80,81)(H,82,83)/t68-,69+,70+/m0/s1. The molecule has 0 spiro atoms. The highest BCUT2D eigenvalue weighted by atomic mass is 31.2. The van der Waals surface area contributed by atoms with Crippen LogP contribution in [0, 0.1) is 11.8 Å². The van der Waals surface area contributed by atoms with Gasteiger partial charge in [-0.25, -0.2) is 9.13 Å². The Morgan fingerprint density at radius 1 is 0.290 bits per heavy atom. The number of aliphatic hydroxyl groups excluding tert-OH is 1. The molecule has 93 heavy (non-hydrogen) atoms.